The molecule has 0 aliphatic carbocycles. The zero-order valence-corrected chi connectivity index (χ0v) is 14.0. The van der Waals surface area contributed by atoms with Crippen LogP contribution in [0.5, 0.6) is 0 Å². The van der Waals surface area contributed by atoms with E-state index in [1.54, 1.807) is 23.1 Å². The Balaban J connectivity index is 1.51. The average Bonchev–Trinajstić information content (AvgIpc) is 3.01. The van der Waals surface area contributed by atoms with E-state index in [1.807, 2.05) is 6.07 Å². The first-order valence-corrected chi connectivity index (χ1v) is 8.89. The predicted molar refractivity (Wildman–Crippen MR) is 94.4 cm³/mol. The van der Waals surface area contributed by atoms with Gasteiger partial charge in [-0.2, -0.15) is 0 Å². The van der Waals surface area contributed by atoms with Crippen LogP contribution in [0.25, 0.3) is 0 Å². The zero-order chi connectivity index (χ0) is 15.2. The Morgan fingerprint density at radius 3 is 2.50 bits per heavy atom. The lowest BCUT2D eigenvalue weighted by molar-refractivity contribution is 0.995. The van der Waals surface area contributed by atoms with Gasteiger partial charge in [0.05, 0.1) is 0 Å². The van der Waals surface area contributed by atoms with Crippen LogP contribution in [0.15, 0.2) is 58.9 Å². The summed E-state index contributed by atoms with van der Waals surface area (Å²) in [5.41, 5.74) is 3.83. The molecule has 0 fully saturated rings. The third-order valence-electron chi connectivity index (χ3n) is 3.18. The number of hydrogen-bond acceptors (Lipinski definition) is 5. The molecule has 0 aliphatic heterocycles. The second-order valence-electron chi connectivity index (χ2n) is 4.99. The van der Waals surface area contributed by atoms with Gasteiger partial charge in [0.1, 0.15) is 0 Å². The van der Waals surface area contributed by atoms with Crippen LogP contribution in [0.2, 0.25) is 0 Å². The Hall–Kier alpha value is -1.85. The highest BCUT2D eigenvalue weighted by Crippen LogP contribution is 2.28. The van der Waals surface area contributed by atoms with Crippen LogP contribution in [-0.4, -0.2) is 10.2 Å². The second kappa shape index (κ2) is 7.42. The van der Waals surface area contributed by atoms with E-state index < -0.39 is 0 Å². The average molecular weight is 327 g/mol. The molecular formula is C17H17N3S2. The lowest BCUT2D eigenvalue weighted by Gasteiger charge is -2.02. The first-order chi connectivity index (χ1) is 10.8. The number of anilines is 1. The molecule has 3 aromatic rings. The monoisotopic (exact) mass is 327 g/mol. The Labute approximate surface area is 138 Å². The second-order valence-corrected chi connectivity index (χ2v) is 7.19. The van der Waals surface area contributed by atoms with Crippen LogP contribution in [0, 0.1) is 6.92 Å². The Kier molecular flexibility index (Phi) is 5.08. The SMILES string of the molecule is Cc1ccc(CNc2nnc(SCc3ccccc3)s2)cc1. The molecule has 0 radical (unpaired) electrons. The van der Waals surface area contributed by atoms with Crippen molar-refractivity contribution in [2.75, 3.05) is 5.32 Å². The lowest BCUT2D eigenvalue weighted by Crippen LogP contribution is -1.98. The van der Waals surface area contributed by atoms with Crippen molar-refractivity contribution in [3.05, 3.63) is 71.3 Å². The molecule has 1 N–H and O–H groups in total. The third kappa shape index (κ3) is 4.32. The molecule has 0 unspecified atom stereocenters. The maximum Gasteiger partial charge on any atom is 0.206 e. The van der Waals surface area contributed by atoms with Crippen molar-refractivity contribution in [2.45, 2.75) is 23.6 Å². The number of nitrogens with one attached hydrogen (secondary N) is 1. The highest BCUT2D eigenvalue weighted by Gasteiger charge is 2.05. The molecule has 0 saturated carbocycles. The van der Waals surface area contributed by atoms with Crippen LogP contribution >= 0.6 is 23.1 Å². The molecular weight excluding hydrogens is 310 g/mol. The van der Waals surface area contributed by atoms with Gasteiger partial charge >= 0.3 is 0 Å². The largest absolute Gasteiger partial charge is 0.356 e. The molecule has 0 saturated heterocycles. The molecule has 5 heteroatoms. The van der Waals surface area contributed by atoms with E-state index in [0.717, 1.165) is 21.8 Å². The molecule has 0 aliphatic rings. The van der Waals surface area contributed by atoms with Crippen molar-refractivity contribution < 1.29 is 0 Å². The van der Waals surface area contributed by atoms with Crippen LogP contribution < -0.4 is 5.32 Å². The third-order valence-corrected chi connectivity index (χ3v) is 5.26. The Morgan fingerprint density at radius 2 is 1.73 bits per heavy atom. The van der Waals surface area contributed by atoms with Gasteiger partial charge in [0.15, 0.2) is 4.34 Å². The van der Waals surface area contributed by atoms with E-state index in [0.29, 0.717) is 0 Å². The van der Waals surface area contributed by atoms with Crippen molar-refractivity contribution in [3.63, 3.8) is 0 Å². The van der Waals surface area contributed by atoms with Gasteiger partial charge in [-0.15, -0.1) is 10.2 Å². The fourth-order valence-electron chi connectivity index (χ4n) is 1.94. The molecule has 0 bridgehead atoms. The molecule has 0 atom stereocenters. The quantitative estimate of drug-likeness (QED) is 0.663. The summed E-state index contributed by atoms with van der Waals surface area (Å²) in [5.74, 6) is 0.924. The van der Waals surface area contributed by atoms with E-state index in [1.165, 1.54) is 16.7 Å². The first kappa shape index (κ1) is 15.1. The summed E-state index contributed by atoms with van der Waals surface area (Å²) in [6.07, 6.45) is 0. The molecule has 3 nitrogen and oxygen atoms in total. The number of benzene rings is 2. The fraction of sp³-hybridized carbons (Fsp3) is 0.176. The van der Waals surface area contributed by atoms with Gasteiger partial charge in [0.2, 0.25) is 5.13 Å². The van der Waals surface area contributed by atoms with Gasteiger partial charge in [0, 0.05) is 12.3 Å². The number of aromatic nitrogens is 2. The maximum absolute atomic E-state index is 4.23. The van der Waals surface area contributed by atoms with E-state index in [2.05, 4.69) is 71.0 Å². The fourth-order valence-corrected chi connectivity index (χ4v) is 3.65. The summed E-state index contributed by atoms with van der Waals surface area (Å²) >= 11 is 3.33. The van der Waals surface area contributed by atoms with Crippen molar-refractivity contribution in [1.82, 2.24) is 10.2 Å². The molecule has 1 aromatic heterocycles. The molecule has 2 aromatic carbocycles. The van der Waals surface area contributed by atoms with E-state index in [4.69, 9.17) is 0 Å². The van der Waals surface area contributed by atoms with E-state index >= 15 is 0 Å². The van der Waals surface area contributed by atoms with Gasteiger partial charge in [-0.25, -0.2) is 0 Å². The van der Waals surface area contributed by atoms with E-state index in [-0.39, 0.29) is 0 Å². The highest BCUT2D eigenvalue weighted by atomic mass is 32.2. The molecule has 0 spiro atoms. The molecule has 112 valence electrons. The molecule has 3 rings (SSSR count). The standard InChI is InChI=1S/C17H17N3S2/c1-13-7-9-14(10-8-13)11-18-16-19-20-17(22-16)21-12-15-5-3-2-4-6-15/h2-10H,11-12H2,1H3,(H,18,19). The summed E-state index contributed by atoms with van der Waals surface area (Å²) in [4.78, 5) is 0. The number of nitrogens with zero attached hydrogens (tertiary/aromatic N) is 2. The van der Waals surface area contributed by atoms with Gasteiger partial charge in [-0.3, -0.25) is 0 Å². The summed E-state index contributed by atoms with van der Waals surface area (Å²) < 4.78 is 0.996. The van der Waals surface area contributed by atoms with Crippen LogP contribution in [-0.2, 0) is 12.3 Å². The minimum Gasteiger partial charge on any atom is -0.356 e. The summed E-state index contributed by atoms with van der Waals surface area (Å²) in [6.45, 7) is 2.87. The lowest BCUT2D eigenvalue weighted by atomic mass is 10.1. The van der Waals surface area contributed by atoms with Crippen LogP contribution in [0.4, 0.5) is 5.13 Å². The maximum atomic E-state index is 4.23. The first-order valence-electron chi connectivity index (χ1n) is 7.09. The van der Waals surface area contributed by atoms with Crippen molar-refractivity contribution >= 4 is 28.2 Å². The summed E-state index contributed by atoms with van der Waals surface area (Å²) in [5, 5.41) is 12.6. The van der Waals surface area contributed by atoms with Gasteiger partial charge < -0.3 is 5.32 Å². The van der Waals surface area contributed by atoms with E-state index in [9.17, 15) is 0 Å². The van der Waals surface area contributed by atoms with Crippen LogP contribution in [0.1, 0.15) is 16.7 Å². The molecule has 0 amide bonds. The van der Waals surface area contributed by atoms with Crippen molar-refractivity contribution in [3.8, 4) is 0 Å². The summed E-state index contributed by atoms with van der Waals surface area (Å²) in [7, 11) is 0. The highest BCUT2D eigenvalue weighted by molar-refractivity contribution is 8.00. The van der Waals surface area contributed by atoms with Gasteiger partial charge in [0.25, 0.3) is 0 Å². The predicted octanol–water partition coefficient (Wildman–Crippen LogP) is 4.75. The van der Waals surface area contributed by atoms with Crippen molar-refractivity contribution in [2.24, 2.45) is 0 Å². The Morgan fingerprint density at radius 1 is 0.955 bits per heavy atom. The minimum atomic E-state index is 0.776. The smallest absolute Gasteiger partial charge is 0.206 e. The molecule has 22 heavy (non-hydrogen) atoms. The number of hydrogen-bond donors (Lipinski definition) is 1. The summed E-state index contributed by atoms with van der Waals surface area (Å²) in [6, 6.07) is 18.9. The number of aryl methyl sites for hydroxylation is 1. The zero-order valence-electron chi connectivity index (χ0n) is 12.3. The normalized spacial score (nSPS) is 10.6. The Bertz CT molecular complexity index is 708. The van der Waals surface area contributed by atoms with Gasteiger partial charge in [-0.05, 0) is 18.1 Å². The van der Waals surface area contributed by atoms with Crippen molar-refractivity contribution in [1.29, 1.82) is 0 Å². The number of rotatable bonds is 6. The minimum absolute atomic E-state index is 0.776. The number of thioether (sulfide) groups is 1. The van der Waals surface area contributed by atoms with Gasteiger partial charge in [-0.1, -0.05) is 83.3 Å². The molecule has 1 heterocycles. The topological polar surface area (TPSA) is 37.8 Å². The van der Waals surface area contributed by atoms with Crippen LogP contribution in [0.3, 0.4) is 0 Å².